The zero-order valence-corrected chi connectivity index (χ0v) is 14.0. The van der Waals surface area contributed by atoms with Crippen LogP contribution in [0.1, 0.15) is 74.0 Å². The van der Waals surface area contributed by atoms with E-state index < -0.39 is 0 Å². The van der Waals surface area contributed by atoms with Gasteiger partial charge in [0.1, 0.15) is 5.76 Å². The number of hydrogen-bond donors (Lipinski definition) is 2. The second-order valence-corrected chi connectivity index (χ2v) is 6.89. The molecule has 0 aliphatic heterocycles. The summed E-state index contributed by atoms with van der Waals surface area (Å²) < 4.78 is 5.21. The van der Waals surface area contributed by atoms with Crippen LogP contribution in [0, 0.1) is 0 Å². The molecule has 0 spiro atoms. The Hall–Kier alpha value is -2.02. The summed E-state index contributed by atoms with van der Waals surface area (Å²) in [6.07, 6.45) is 5.51. The number of nitrogens with zero attached hydrogens (tertiary/aromatic N) is 2. The molecule has 2 saturated carbocycles. The molecule has 7 heteroatoms. The Morgan fingerprint density at radius 3 is 2.71 bits per heavy atom. The van der Waals surface area contributed by atoms with Gasteiger partial charge in [-0.15, -0.1) is 0 Å². The van der Waals surface area contributed by atoms with Gasteiger partial charge >= 0.3 is 0 Å². The number of amides is 2. The van der Waals surface area contributed by atoms with Crippen molar-refractivity contribution < 1.29 is 14.1 Å². The molecule has 2 fully saturated rings. The van der Waals surface area contributed by atoms with Crippen molar-refractivity contribution in [3.05, 3.63) is 17.5 Å². The minimum Gasteiger partial charge on any atom is -0.360 e. The van der Waals surface area contributed by atoms with Gasteiger partial charge in [0.25, 0.3) is 5.91 Å². The predicted octanol–water partition coefficient (Wildman–Crippen LogP) is 1.93. The monoisotopic (exact) mass is 332 g/mol. The Morgan fingerprint density at radius 2 is 2.08 bits per heavy atom. The lowest BCUT2D eigenvalue weighted by Crippen LogP contribution is -2.38. The highest BCUT2D eigenvalue weighted by Crippen LogP contribution is 2.40. The average Bonchev–Trinajstić information content (AvgIpc) is 3.25. The molecule has 0 unspecified atom stereocenters. The number of carbonyl (C=O) groups is 2. The summed E-state index contributed by atoms with van der Waals surface area (Å²) in [4.78, 5) is 28.0. The van der Waals surface area contributed by atoms with Crippen LogP contribution in [-0.2, 0) is 4.79 Å². The van der Waals surface area contributed by atoms with Gasteiger partial charge in [0.15, 0.2) is 5.69 Å². The molecule has 2 amide bonds. The van der Waals surface area contributed by atoms with Crippen molar-refractivity contribution in [2.75, 3.05) is 0 Å². The molecule has 3 rings (SSSR count). The highest BCUT2D eigenvalue weighted by Gasteiger charge is 2.29. The van der Waals surface area contributed by atoms with Crippen molar-refractivity contribution in [2.24, 2.45) is 10.7 Å². The van der Waals surface area contributed by atoms with Gasteiger partial charge in [0, 0.05) is 36.2 Å². The summed E-state index contributed by atoms with van der Waals surface area (Å²) in [5.74, 6) is 0.911. The summed E-state index contributed by atoms with van der Waals surface area (Å²) >= 11 is 0. The Bertz CT molecular complexity index is 636. The van der Waals surface area contributed by atoms with Gasteiger partial charge < -0.3 is 15.6 Å². The molecule has 1 heterocycles. The van der Waals surface area contributed by atoms with E-state index in [1.165, 1.54) is 0 Å². The molecule has 0 bridgehead atoms. The van der Waals surface area contributed by atoms with E-state index in [0.717, 1.165) is 50.0 Å². The first-order valence-corrected chi connectivity index (χ1v) is 8.63. The van der Waals surface area contributed by atoms with E-state index in [4.69, 9.17) is 10.3 Å². The lowest BCUT2D eigenvalue weighted by atomic mass is 9.93. The summed E-state index contributed by atoms with van der Waals surface area (Å²) in [7, 11) is 0. The largest absolute Gasteiger partial charge is 0.360 e. The molecular weight excluding hydrogens is 308 g/mol. The van der Waals surface area contributed by atoms with E-state index in [1.54, 1.807) is 13.0 Å². The lowest BCUT2D eigenvalue weighted by Gasteiger charge is -2.23. The van der Waals surface area contributed by atoms with Crippen LogP contribution < -0.4 is 11.1 Å². The van der Waals surface area contributed by atoms with E-state index in [0.29, 0.717) is 11.6 Å². The second-order valence-electron chi connectivity index (χ2n) is 6.89. The van der Waals surface area contributed by atoms with Gasteiger partial charge in [-0.2, -0.15) is 0 Å². The zero-order valence-electron chi connectivity index (χ0n) is 14.0. The van der Waals surface area contributed by atoms with E-state index in [9.17, 15) is 9.59 Å². The van der Waals surface area contributed by atoms with Crippen LogP contribution in [0.4, 0.5) is 0 Å². The number of aromatic nitrogens is 1. The van der Waals surface area contributed by atoms with Gasteiger partial charge in [0.2, 0.25) is 5.91 Å². The number of aliphatic imine (C=N–C) groups is 1. The summed E-state index contributed by atoms with van der Waals surface area (Å²) in [5.41, 5.74) is 6.86. The first-order valence-electron chi connectivity index (χ1n) is 8.63. The number of hydrogen-bond acceptors (Lipinski definition) is 5. The second kappa shape index (κ2) is 7.25. The van der Waals surface area contributed by atoms with Crippen LogP contribution in [0.5, 0.6) is 0 Å². The summed E-state index contributed by atoms with van der Waals surface area (Å²) in [5, 5.41) is 6.85. The number of nitrogens with one attached hydrogen (secondary N) is 1. The van der Waals surface area contributed by atoms with Crippen LogP contribution in [0.25, 0.3) is 0 Å². The molecular formula is C17H24N4O3. The third-order valence-corrected chi connectivity index (χ3v) is 4.42. The van der Waals surface area contributed by atoms with E-state index in [1.807, 2.05) is 0 Å². The third-order valence-electron chi connectivity index (χ3n) is 4.42. The Balaban J connectivity index is 1.47. The normalized spacial score (nSPS) is 22.1. The fourth-order valence-corrected chi connectivity index (χ4v) is 2.92. The van der Waals surface area contributed by atoms with Crippen LogP contribution in [-0.4, -0.2) is 34.8 Å². The number of rotatable bonds is 5. The smallest absolute Gasteiger partial charge is 0.273 e. The number of nitrogens with two attached hydrogens (primary N) is 1. The highest BCUT2D eigenvalue weighted by molar-refractivity contribution is 5.96. The fraction of sp³-hybridized carbons (Fsp3) is 0.647. The minimum atomic E-state index is -0.191. The summed E-state index contributed by atoms with van der Waals surface area (Å²) in [6.45, 7) is 1.79. The third kappa shape index (κ3) is 4.50. The Labute approximate surface area is 141 Å². The van der Waals surface area contributed by atoms with E-state index in [2.05, 4.69) is 15.5 Å². The lowest BCUT2D eigenvalue weighted by molar-refractivity contribution is -0.118. The van der Waals surface area contributed by atoms with E-state index >= 15 is 0 Å². The topological polar surface area (TPSA) is 111 Å². The molecule has 0 radical (unpaired) electrons. The number of carbonyl (C=O) groups excluding carboxylic acids is 2. The van der Waals surface area contributed by atoms with Crippen LogP contribution >= 0.6 is 0 Å². The molecule has 3 N–H and O–H groups in total. The van der Waals surface area contributed by atoms with Crippen LogP contribution in [0.2, 0.25) is 0 Å². The van der Waals surface area contributed by atoms with Crippen molar-refractivity contribution in [3.63, 3.8) is 0 Å². The first kappa shape index (κ1) is 16.8. The Kier molecular flexibility index (Phi) is 5.08. The van der Waals surface area contributed by atoms with Crippen LogP contribution in [0.15, 0.2) is 15.6 Å². The zero-order chi connectivity index (χ0) is 17.1. The summed E-state index contributed by atoms with van der Waals surface area (Å²) in [6, 6.07) is 1.66. The van der Waals surface area contributed by atoms with E-state index in [-0.39, 0.29) is 30.3 Å². The molecule has 0 aromatic carbocycles. The quantitative estimate of drug-likeness (QED) is 0.856. The highest BCUT2D eigenvalue weighted by atomic mass is 16.5. The van der Waals surface area contributed by atoms with Crippen molar-refractivity contribution in [1.82, 2.24) is 10.5 Å². The average molecular weight is 332 g/mol. The van der Waals surface area contributed by atoms with Gasteiger partial charge in [0.05, 0.1) is 0 Å². The van der Waals surface area contributed by atoms with Gasteiger partial charge in [-0.1, -0.05) is 5.16 Å². The first-order chi connectivity index (χ1) is 11.5. The maximum absolute atomic E-state index is 12.2. The molecule has 2 aliphatic rings. The maximum Gasteiger partial charge on any atom is 0.273 e. The molecule has 24 heavy (non-hydrogen) atoms. The SMILES string of the molecule is C[C@@H](N)CC(=O)N=C1CCC(NC(=O)c2cc(C3CC3)on2)CC1. The van der Waals surface area contributed by atoms with Gasteiger partial charge in [-0.3, -0.25) is 9.59 Å². The molecule has 0 saturated heterocycles. The molecule has 1 atom stereocenters. The van der Waals surface area contributed by atoms with Crippen molar-refractivity contribution in [3.8, 4) is 0 Å². The predicted molar refractivity (Wildman–Crippen MR) is 88.9 cm³/mol. The maximum atomic E-state index is 12.2. The minimum absolute atomic E-state index is 0.0843. The fourth-order valence-electron chi connectivity index (χ4n) is 2.92. The molecule has 7 nitrogen and oxygen atoms in total. The van der Waals surface area contributed by atoms with Crippen molar-refractivity contribution in [1.29, 1.82) is 0 Å². The van der Waals surface area contributed by atoms with Gasteiger partial charge in [-0.25, -0.2) is 4.99 Å². The molecule has 2 aliphatic carbocycles. The molecule has 130 valence electrons. The molecule has 1 aromatic rings. The van der Waals surface area contributed by atoms with Crippen molar-refractivity contribution >= 4 is 17.5 Å². The molecule has 1 aromatic heterocycles. The van der Waals surface area contributed by atoms with Crippen molar-refractivity contribution in [2.45, 2.75) is 69.9 Å². The standard InChI is InChI=1S/C17H24N4O3/c1-10(18)8-16(22)19-12-4-6-13(7-5-12)20-17(23)14-9-15(24-21-14)11-2-3-11/h9-11,13H,2-8,18H2,1H3,(H,20,23)/t10-,13?/m1/s1. The van der Waals surface area contributed by atoms with Gasteiger partial charge in [-0.05, 0) is 45.4 Å². The Morgan fingerprint density at radius 1 is 1.38 bits per heavy atom. The van der Waals surface area contributed by atoms with Crippen LogP contribution in [0.3, 0.4) is 0 Å².